The van der Waals surface area contributed by atoms with Crippen molar-refractivity contribution in [2.24, 2.45) is 5.41 Å². The second-order valence-corrected chi connectivity index (χ2v) is 7.17. The van der Waals surface area contributed by atoms with Gasteiger partial charge in [-0.25, -0.2) is 0 Å². The predicted octanol–water partition coefficient (Wildman–Crippen LogP) is 2.24. The van der Waals surface area contributed by atoms with Crippen LogP contribution in [0.2, 0.25) is 0 Å². The summed E-state index contributed by atoms with van der Waals surface area (Å²) >= 11 is 0. The molecule has 0 atom stereocenters. The summed E-state index contributed by atoms with van der Waals surface area (Å²) in [5, 5.41) is 6.67. The molecule has 23 heavy (non-hydrogen) atoms. The summed E-state index contributed by atoms with van der Waals surface area (Å²) in [6, 6.07) is 10.3. The van der Waals surface area contributed by atoms with Gasteiger partial charge in [0.15, 0.2) is 0 Å². The first-order valence-corrected chi connectivity index (χ1v) is 8.74. The maximum absolute atomic E-state index is 13.0. The first kappa shape index (κ1) is 16.5. The highest BCUT2D eigenvalue weighted by atomic mass is 16.5. The molecular formula is C19H28N2O2. The van der Waals surface area contributed by atoms with E-state index >= 15 is 0 Å². The molecule has 0 bridgehead atoms. The van der Waals surface area contributed by atoms with Crippen molar-refractivity contribution < 1.29 is 9.53 Å². The molecule has 0 unspecified atom stereocenters. The number of piperidine rings is 1. The molecular weight excluding hydrogens is 288 g/mol. The molecule has 1 aromatic carbocycles. The molecule has 1 aliphatic carbocycles. The van der Waals surface area contributed by atoms with Crippen molar-refractivity contribution in [2.75, 3.05) is 33.4 Å². The smallest absolute Gasteiger partial charge is 0.230 e. The fraction of sp³-hybridized carbons (Fsp3) is 0.632. The quantitative estimate of drug-likeness (QED) is 0.846. The predicted molar refractivity (Wildman–Crippen MR) is 91.4 cm³/mol. The number of hydrogen-bond acceptors (Lipinski definition) is 3. The van der Waals surface area contributed by atoms with Crippen molar-refractivity contribution >= 4 is 5.91 Å². The molecule has 126 valence electrons. The number of rotatable bonds is 6. The summed E-state index contributed by atoms with van der Waals surface area (Å²) in [7, 11) is 1.75. The van der Waals surface area contributed by atoms with Gasteiger partial charge in [-0.1, -0.05) is 36.8 Å². The van der Waals surface area contributed by atoms with Gasteiger partial charge in [0, 0.05) is 19.1 Å². The van der Waals surface area contributed by atoms with E-state index in [4.69, 9.17) is 4.74 Å². The number of carbonyl (C=O) groups is 1. The van der Waals surface area contributed by atoms with Crippen LogP contribution >= 0.6 is 0 Å². The number of benzene rings is 1. The van der Waals surface area contributed by atoms with Gasteiger partial charge in [-0.2, -0.15) is 0 Å². The maximum atomic E-state index is 13.0. The van der Waals surface area contributed by atoms with Crippen LogP contribution in [0.25, 0.3) is 0 Å². The number of ether oxygens (including phenoxy) is 1. The van der Waals surface area contributed by atoms with E-state index in [1.165, 1.54) is 0 Å². The fourth-order valence-corrected chi connectivity index (χ4v) is 4.01. The molecule has 4 nitrogen and oxygen atoms in total. The van der Waals surface area contributed by atoms with Crippen molar-refractivity contribution in [1.82, 2.24) is 10.6 Å². The van der Waals surface area contributed by atoms with Crippen LogP contribution in [0.1, 0.15) is 37.7 Å². The Bertz CT molecular complexity index is 514. The van der Waals surface area contributed by atoms with Crippen LogP contribution in [0.4, 0.5) is 0 Å². The number of carbonyl (C=O) groups excluding carboxylic acids is 1. The maximum Gasteiger partial charge on any atom is 0.230 e. The van der Waals surface area contributed by atoms with Crippen LogP contribution in [0, 0.1) is 5.41 Å². The Morgan fingerprint density at radius 2 is 1.87 bits per heavy atom. The normalized spacial score (nSPS) is 22.1. The number of hydrogen-bond donors (Lipinski definition) is 2. The zero-order valence-electron chi connectivity index (χ0n) is 14.1. The third-order valence-electron chi connectivity index (χ3n) is 5.71. The summed E-state index contributed by atoms with van der Waals surface area (Å²) in [6.45, 7) is 3.44. The molecule has 0 spiro atoms. The molecule has 1 saturated heterocycles. The Kier molecular flexibility index (Phi) is 5.02. The summed E-state index contributed by atoms with van der Waals surface area (Å²) in [4.78, 5) is 13.0. The minimum absolute atomic E-state index is 0.0806. The molecule has 4 heteroatoms. The summed E-state index contributed by atoms with van der Waals surface area (Å²) in [6.07, 6.45) is 5.16. The molecule has 1 amide bonds. The van der Waals surface area contributed by atoms with E-state index in [-0.39, 0.29) is 16.7 Å². The van der Waals surface area contributed by atoms with Crippen molar-refractivity contribution in [3.05, 3.63) is 35.9 Å². The van der Waals surface area contributed by atoms with Crippen molar-refractivity contribution in [2.45, 2.75) is 37.5 Å². The first-order chi connectivity index (χ1) is 11.2. The molecule has 1 aromatic rings. The summed E-state index contributed by atoms with van der Waals surface area (Å²) < 4.78 is 5.45. The largest absolute Gasteiger partial charge is 0.384 e. The Morgan fingerprint density at radius 3 is 2.43 bits per heavy atom. The van der Waals surface area contributed by atoms with E-state index in [0.717, 1.165) is 57.3 Å². The molecule has 2 N–H and O–H groups in total. The third-order valence-corrected chi connectivity index (χ3v) is 5.71. The average Bonchev–Trinajstić information content (AvgIpc) is 2.54. The lowest BCUT2D eigenvalue weighted by atomic mass is 9.63. The van der Waals surface area contributed by atoms with E-state index in [2.05, 4.69) is 22.8 Å². The van der Waals surface area contributed by atoms with Crippen molar-refractivity contribution in [3.63, 3.8) is 0 Å². The van der Waals surface area contributed by atoms with Gasteiger partial charge in [0.1, 0.15) is 0 Å². The van der Waals surface area contributed by atoms with Crippen LogP contribution in [0.3, 0.4) is 0 Å². The molecule has 2 fully saturated rings. The van der Waals surface area contributed by atoms with Crippen molar-refractivity contribution in [1.29, 1.82) is 0 Å². The summed E-state index contributed by atoms with van der Waals surface area (Å²) in [5.41, 5.74) is 0.939. The van der Waals surface area contributed by atoms with Crippen LogP contribution in [-0.4, -0.2) is 39.3 Å². The summed E-state index contributed by atoms with van der Waals surface area (Å²) in [5.74, 6) is 0.198. The minimum atomic E-state index is -0.303. The second-order valence-electron chi connectivity index (χ2n) is 7.17. The zero-order chi connectivity index (χ0) is 16.2. The molecule has 1 heterocycles. The van der Waals surface area contributed by atoms with Gasteiger partial charge < -0.3 is 15.4 Å². The van der Waals surface area contributed by atoms with Crippen LogP contribution in [0.15, 0.2) is 30.3 Å². The fourth-order valence-electron chi connectivity index (χ4n) is 4.01. The van der Waals surface area contributed by atoms with Gasteiger partial charge in [-0.15, -0.1) is 0 Å². The third kappa shape index (κ3) is 3.29. The van der Waals surface area contributed by atoms with Crippen LogP contribution < -0.4 is 10.6 Å². The van der Waals surface area contributed by atoms with Crippen molar-refractivity contribution in [3.8, 4) is 0 Å². The van der Waals surface area contributed by atoms with Crippen LogP contribution in [0.5, 0.6) is 0 Å². The van der Waals surface area contributed by atoms with E-state index in [1.807, 2.05) is 18.2 Å². The zero-order valence-corrected chi connectivity index (χ0v) is 14.1. The minimum Gasteiger partial charge on any atom is -0.384 e. The van der Waals surface area contributed by atoms with E-state index in [9.17, 15) is 4.79 Å². The highest BCUT2D eigenvalue weighted by molar-refractivity contribution is 5.89. The van der Waals surface area contributed by atoms with Gasteiger partial charge in [0.25, 0.3) is 0 Å². The van der Waals surface area contributed by atoms with Crippen LogP contribution in [-0.2, 0) is 14.9 Å². The van der Waals surface area contributed by atoms with Gasteiger partial charge in [0.2, 0.25) is 5.91 Å². The molecule has 1 saturated carbocycles. The molecule has 3 rings (SSSR count). The lowest BCUT2D eigenvalue weighted by molar-refractivity contribution is -0.130. The van der Waals surface area contributed by atoms with E-state index < -0.39 is 0 Å². The number of nitrogens with one attached hydrogen (secondary N) is 2. The SMILES string of the molecule is COCC1(CNC(=O)C2(c3ccccc3)CCC2)CCNCC1. The van der Waals surface area contributed by atoms with Gasteiger partial charge >= 0.3 is 0 Å². The lowest BCUT2D eigenvalue weighted by Gasteiger charge is -2.43. The lowest BCUT2D eigenvalue weighted by Crippen LogP contribution is -2.53. The van der Waals surface area contributed by atoms with E-state index in [1.54, 1.807) is 7.11 Å². The van der Waals surface area contributed by atoms with E-state index in [0.29, 0.717) is 6.61 Å². The number of methoxy groups -OCH3 is 1. The van der Waals surface area contributed by atoms with Gasteiger partial charge in [-0.05, 0) is 44.3 Å². The highest BCUT2D eigenvalue weighted by Gasteiger charge is 2.46. The second kappa shape index (κ2) is 7.02. The molecule has 2 aliphatic rings. The Morgan fingerprint density at radius 1 is 1.17 bits per heavy atom. The Balaban J connectivity index is 1.68. The monoisotopic (exact) mass is 316 g/mol. The van der Waals surface area contributed by atoms with Gasteiger partial charge in [0.05, 0.1) is 12.0 Å². The topological polar surface area (TPSA) is 50.4 Å². The van der Waals surface area contributed by atoms with Gasteiger partial charge in [-0.3, -0.25) is 4.79 Å². The standard InChI is InChI=1S/C19H28N2O2/c1-23-15-18(10-12-20-13-11-18)14-21-17(22)19(8-5-9-19)16-6-3-2-4-7-16/h2-4,6-7,20H,5,8-15H2,1H3,(H,21,22). The Hall–Kier alpha value is -1.39. The molecule has 1 aliphatic heterocycles. The Labute approximate surface area is 139 Å². The average molecular weight is 316 g/mol. The molecule has 0 aromatic heterocycles. The number of amides is 1. The first-order valence-electron chi connectivity index (χ1n) is 8.74. The molecule has 0 radical (unpaired) electrons. The highest BCUT2D eigenvalue weighted by Crippen LogP contribution is 2.44.